The van der Waals surface area contributed by atoms with E-state index in [2.05, 4.69) is 15.9 Å². The van der Waals surface area contributed by atoms with Crippen LogP contribution < -0.4 is 16.8 Å². The summed E-state index contributed by atoms with van der Waals surface area (Å²) in [7, 11) is 0. The Balaban J connectivity index is 0.000000697. The molecule has 0 heterocycles. The predicted molar refractivity (Wildman–Crippen MR) is 84.4 cm³/mol. The molecule has 0 aliphatic carbocycles. The molecule has 0 saturated carbocycles. The predicted octanol–water partition coefficient (Wildman–Crippen LogP) is -0.0522. The number of phenols is 2. The highest BCUT2D eigenvalue weighted by Gasteiger charge is 2.41. The van der Waals surface area contributed by atoms with Crippen LogP contribution in [0.1, 0.15) is 0 Å². The average Bonchev–Trinajstić information content (AvgIpc) is 2.35. The number of halogens is 1. The third kappa shape index (κ3) is 5.13. The van der Waals surface area contributed by atoms with Gasteiger partial charge in [0.25, 0.3) is 11.5 Å². The zero-order chi connectivity index (χ0) is 20.1. The van der Waals surface area contributed by atoms with Crippen LogP contribution in [0.15, 0.2) is 4.47 Å². The van der Waals surface area contributed by atoms with Gasteiger partial charge in [-0.15, -0.1) is 0 Å². The summed E-state index contributed by atoms with van der Waals surface area (Å²) >= 11 is 2.44. The monoisotopic (exact) mass is 424 g/mol. The van der Waals surface area contributed by atoms with Gasteiger partial charge in [0.2, 0.25) is 0 Å². The molecule has 1 rings (SSSR count). The second-order valence-electron chi connectivity index (χ2n) is 3.78. The molecule has 0 aliphatic rings. The molecule has 0 unspecified atom stereocenters. The minimum atomic E-state index is -1.50. The number of nitrogens with one attached hydrogen (secondary N) is 3. The number of aromatic hydroxyl groups is 2. The highest BCUT2D eigenvalue weighted by molar-refractivity contribution is 9.10. The van der Waals surface area contributed by atoms with Crippen molar-refractivity contribution in [3.63, 3.8) is 0 Å². The number of guanidine groups is 2. The maximum absolute atomic E-state index is 10.6. The second-order valence-corrected chi connectivity index (χ2v) is 4.57. The van der Waals surface area contributed by atoms with Gasteiger partial charge in [-0.1, -0.05) is 0 Å². The van der Waals surface area contributed by atoms with E-state index in [1.54, 1.807) is 0 Å². The first-order chi connectivity index (χ1) is 11.3. The van der Waals surface area contributed by atoms with Crippen LogP contribution >= 0.6 is 15.9 Å². The summed E-state index contributed by atoms with van der Waals surface area (Å²) in [5.41, 5.74) is 5.44. The molecule has 1 aromatic carbocycles. The standard InChI is InChI=1S/C6H2BrN3O8.C2H7N5/c7-1-2(8(13)14)5(11)4(10(17)18)6(12)3(1)9(15)16;3-1(4)7-2(5)6/h11-12H;(H7,3,4,5,6,7). The van der Waals surface area contributed by atoms with Gasteiger partial charge in [-0.3, -0.25) is 46.5 Å². The number of nitrogens with zero attached hydrogens (tertiary/aromatic N) is 3. The lowest BCUT2D eigenvalue weighted by atomic mass is 10.2. The van der Waals surface area contributed by atoms with Crippen LogP contribution in [0.4, 0.5) is 17.1 Å². The number of nitro groups is 3. The van der Waals surface area contributed by atoms with Gasteiger partial charge in [0, 0.05) is 0 Å². The molecule has 25 heavy (non-hydrogen) atoms. The topological polar surface area (TPSA) is 282 Å². The van der Waals surface area contributed by atoms with Crippen LogP contribution in [-0.2, 0) is 0 Å². The molecule has 0 fully saturated rings. The van der Waals surface area contributed by atoms with E-state index >= 15 is 0 Å². The van der Waals surface area contributed by atoms with Gasteiger partial charge in [0.15, 0.2) is 16.4 Å². The van der Waals surface area contributed by atoms with Crippen molar-refractivity contribution in [1.82, 2.24) is 5.32 Å². The Morgan fingerprint density at radius 2 is 1.16 bits per heavy atom. The first-order valence-electron chi connectivity index (χ1n) is 5.48. The second kappa shape index (κ2) is 8.19. The Hall–Kier alpha value is -3.76. The van der Waals surface area contributed by atoms with Crippen LogP contribution in [-0.4, -0.2) is 36.9 Å². The summed E-state index contributed by atoms with van der Waals surface area (Å²) in [4.78, 5) is 27.8. The summed E-state index contributed by atoms with van der Waals surface area (Å²) in [6.45, 7) is 0. The molecular formula is C8H9BrN8O8. The number of hydrogen-bond donors (Lipinski definition) is 7. The lowest BCUT2D eigenvalue weighted by Crippen LogP contribution is -2.39. The zero-order valence-corrected chi connectivity index (χ0v) is 13.3. The van der Waals surface area contributed by atoms with Crippen molar-refractivity contribution in [2.24, 2.45) is 11.5 Å². The number of nitrogens with two attached hydrogens (primary N) is 2. The van der Waals surface area contributed by atoms with Crippen molar-refractivity contribution >= 4 is 44.9 Å². The highest BCUT2D eigenvalue weighted by Crippen LogP contribution is 2.53. The van der Waals surface area contributed by atoms with Crippen molar-refractivity contribution < 1.29 is 25.0 Å². The third-order valence-corrected chi connectivity index (χ3v) is 2.88. The number of hydrogen-bond acceptors (Lipinski definition) is 10. The van der Waals surface area contributed by atoms with Gasteiger partial charge in [-0.25, -0.2) is 0 Å². The van der Waals surface area contributed by atoms with Crippen LogP contribution in [0, 0.1) is 41.2 Å². The summed E-state index contributed by atoms with van der Waals surface area (Å²) in [6.07, 6.45) is 0. The molecule has 0 spiro atoms. The van der Waals surface area contributed by atoms with Crippen molar-refractivity contribution in [2.45, 2.75) is 0 Å². The number of benzene rings is 1. The van der Waals surface area contributed by atoms with Gasteiger partial charge >= 0.3 is 17.1 Å². The highest BCUT2D eigenvalue weighted by atomic mass is 79.9. The summed E-state index contributed by atoms with van der Waals surface area (Å²) in [5.74, 6) is -3.57. The van der Waals surface area contributed by atoms with E-state index in [1.165, 1.54) is 0 Å². The first-order valence-corrected chi connectivity index (χ1v) is 6.27. The number of phenolic OH excluding ortho intramolecular Hbond substituents is 2. The van der Waals surface area contributed by atoms with E-state index in [9.17, 15) is 40.6 Å². The van der Waals surface area contributed by atoms with Gasteiger partial charge in [-0.05, 0) is 15.9 Å². The Labute approximate surface area is 144 Å². The molecule has 0 aliphatic heterocycles. The van der Waals surface area contributed by atoms with E-state index in [4.69, 9.17) is 22.3 Å². The molecule has 1 aromatic rings. The summed E-state index contributed by atoms with van der Waals surface area (Å²) in [5, 5.41) is 65.3. The molecule has 0 amide bonds. The molecule has 136 valence electrons. The first kappa shape index (κ1) is 21.2. The molecule has 0 atom stereocenters. The Morgan fingerprint density at radius 1 is 0.880 bits per heavy atom. The van der Waals surface area contributed by atoms with Gasteiger partial charge in [-0.2, -0.15) is 0 Å². The molecule has 16 nitrogen and oxygen atoms in total. The van der Waals surface area contributed by atoms with Crippen molar-refractivity contribution in [3.8, 4) is 11.5 Å². The lowest BCUT2D eigenvalue weighted by molar-refractivity contribution is -0.406. The molecule has 17 heteroatoms. The Bertz CT molecular complexity index is 666. The van der Waals surface area contributed by atoms with E-state index in [0.29, 0.717) is 0 Å². The maximum atomic E-state index is 10.6. The Kier molecular flexibility index (Phi) is 6.96. The van der Waals surface area contributed by atoms with Crippen LogP contribution in [0.2, 0.25) is 0 Å². The summed E-state index contributed by atoms with van der Waals surface area (Å²) in [6, 6.07) is 0. The third-order valence-electron chi connectivity index (χ3n) is 2.13. The van der Waals surface area contributed by atoms with E-state index in [1.807, 2.05) is 5.32 Å². The van der Waals surface area contributed by atoms with Crippen molar-refractivity contribution in [2.75, 3.05) is 0 Å². The molecule has 0 radical (unpaired) electrons. The van der Waals surface area contributed by atoms with Gasteiger partial charge < -0.3 is 21.7 Å². The number of rotatable bonds is 3. The molecular weight excluding hydrogens is 416 g/mol. The van der Waals surface area contributed by atoms with Gasteiger partial charge in [0.05, 0.1) is 14.8 Å². The molecule has 0 aromatic heterocycles. The van der Waals surface area contributed by atoms with E-state index < -0.39 is 47.8 Å². The fraction of sp³-hybridized carbons (Fsp3) is 0. The van der Waals surface area contributed by atoms with E-state index in [0.717, 1.165) is 0 Å². The molecule has 9 N–H and O–H groups in total. The summed E-state index contributed by atoms with van der Waals surface area (Å²) < 4.78 is -0.863. The normalized spacial score (nSPS) is 9.32. The fourth-order valence-corrected chi connectivity index (χ4v) is 1.97. The smallest absolute Gasteiger partial charge is 0.366 e. The van der Waals surface area contributed by atoms with Crippen molar-refractivity contribution in [1.29, 1.82) is 10.8 Å². The van der Waals surface area contributed by atoms with Crippen LogP contribution in [0.25, 0.3) is 0 Å². The van der Waals surface area contributed by atoms with Gasteiger partial charge in [0.1, 0.15) is 0 Å². The minimum absolute atomic E-state index is 0.312. The largest absolute Gasteiger partial charge is 0.497 e. The zero-order valence-electron chi connectivity index (χ0n) is 11.7. The molecule has 0 saturated heterocycles. The van der Waals surface area contributed by atoms with Crippen LogP contribution in [0.5, 0.6) is 11.5 Å². The lowest BCUT2D eigenvalue weighted by Gasteiger charge is -2.03. The number of nitro benzene ring substituents is 3. The quantitative estimate of drug-likeness (QED) is 0.146. The average molecular weight is 425 g/mol. The van der Waals surface area contributed by atoms with E-state index in [-0.39, 0.29) is 11.9 Å². The van der Waals surface area contributed by atoms with Crippen LogP contribution in [0.3, 0.4) is 0 Å². The molecule has 0 bridgehead atoms. The van der Waals surface area contributed by atoms with Crippen molar-refractivity contribution in [3.05, 3.63) is 34.8 Å². The fourth-order valence-electron chi connectivity index (χ4n) is 1.31. The SMILES string of the molecule is N=C(N)NC(=N)N.O=[N+]([O-])c1c(O)c([N+](=O)[O-])c(Br)c([N+](=O)[O-])c1O. The minimum Gasteiger partial charge on any atom is -0.497 e. The maximum Gasteiger partial charge on any atom is 0.366 e. The Morgan fingerprint density at radius 3 is 1.32 bits per heavy atom.